The molecule has 50 heavy (non-hydrogen) atoms. The summed E-state index contributed by atoms with van der Waals surface area (Å²) in [5.74, 6) is 0. The Bertz CT molecular complexity index is 2370. The van der Waals surface area contributed by atoms with Gasteiger partial charge in [-0.1, -0.05) is 110 Å². The first kappa shape index (κ1) is 31.5. The summed E-state index contributed by atoms with van der Waals surface area (Å²) in [6, 6.07) is 57.1. The van der Waals surface area contributed by atoms with Crippen LogP contribution < -0.4 is 9.80 Å². The molecule has 0 unspecified atom stereocenters. The van der Waals surface area contributed by atoms with Crippen molar-refractivity contribution in [3.05, 3.63) is 169 Å². The third-order valence-corrected chi connectivity index (χ3v) is 9.87. The largest absolute Gasteiger partial charge is 0.456 e. The predicted octanol–water partition coefficient (Wildman–Crippen LogP) is 13.0. The summed E-state index contributed by atoms with van der Waals surface area (Å²) in [4.78, 5) is 4.90. The normalized spacial score (nSPS) is 11.4. The summed E-state index contributed by atoms with van der Waals surface area (Å²) in [6.45, 7) is 6.46. The van der Waals surface area contributed by atoms with E-state index in [0.717, 1.165) is 58.5 Å². The molecule has 0 aliphatic carbocycles. The first-order chi connectivity index (χ1) is 24.6. The van der Waals surface area contributed by atoms with Gasteiger partial charge in [-0.2, -0.15) is 0 Å². The Morgan fingerprint density at radius 1 is 0.500 bits per heavy atom. The van der Waals surface area contributed by atoms with Crippen LogP contribution >= 0.6 is 0 Å². The molecule has 7 aromatic carbocycles. The summed E-state index contributed by atoms with van der Waals surface area (Å²) in [5, 5.41) is 4.89. The van der Waals surface area contributed by atoms with Crippen molar-refractivity contribution in [2.75, 3.05) is 22.9 Å². The second-order valence-corrected chi connectivity index (χ2v) is 13.3. The van der Waals surface area contributed by atoms with Gasteiger partial charge in [-0.05, 0) is 114 Å². The van der Waals surface area contributed by atoms with Gasteiger partial charge >= 0.3 is 0 Å². The van der Waals surface area contributed by atoms with Crippen LogP contribution in [-0.2, 0) is 6.42 Å². The molecule has 0 bridgehead atoms. The van der Waals surface area contributed by atoms with Gasteiger partial charge in [0.05, 0.1) is 0 Å². The standard InChI is InChI=1S/C47H42N2O/c1-3-4-30-48(43-27-19-36-9-5-6-10-38(36)32-43)31-29-35-15-23-41(24-16-35)49(40-21-13-34(2)14-22-40)42-25-17-37(18-26-42)39-20-28-47-45(33-39)44-11-7-8-12-46(44)50-47/h5-28,32-33H,3-4,29-31H2,1-2H3. The fourth-order valence-electron chi connectivity index (χ4n) is 7.02. The summed E-state index contributed by atoms with van der Waals surface area (Å²) < 4.78 is 6.08. The minimum Gasteiger partial charge on any atom is -0.456 e. The maximum absolute atomic E-state index is 6.08. The average molecular weight is 651 g/mol. The van der Waals surface area contributed by atoms with Crippen molar-refractivity contribution in [3.63, 3.8) is 0 Å². The fourth-order valence-corrected chi connectivity index (χ4v) is 7.02. The van der Waals surface area contributed by atoms with Crippen molar-refractivity contribution in [2.24, 2.45) is 0 Å². The van der Waals surface area contributed by atoms with Crippen molar-refractivity contribution in [1.82, 2.24) is 0 Å². The molecule has 1 aromatic heterocycles. The molecule has 0 N–H and O–H groups in total. The zero-order valence-corrected chi connectivity index (χ0v) is 28.8. The molecular formula is C47H42N2O. The predicted molar refractivity (Wildman–Crippen MR) is 213 cm³/mol. The van der Waals surface area contributed by atoms with Crippen molar-refractivity contribution >= 4 is 55.5 Å². The number of unbranched alkanes of at least 4 members (excludes halogenated alkanes) is 1. The maximum Gasteiger partial charge on any atom is 0.135 e. The third kappa shape index (κ3) is 6.47. The van der Waals surface area contributed by atoms with Crippen molar-refractivity contribution in [2.45, 2.75) is 33.1 Å². The quantitative estimate of drug-likeness (QED) is 0.139. The Morgan fingerprint density at radius 3 is 1.88 bits per heavy atom. The van der Waals surface area contributed by atoms with Crippen LogP contribution in [0.4, 0.5) is 22.7 Å². The van der Waals surface area contributed by atoms with Crippen LogP contribution in [0.2, 0.25) is 0 Å². The topological polar surface area (TPSA) is 19.6 Å². The Kier molecular flexibility index (Phi) is 8.79. The number of furan rings is 1. The van der Waals surface area contributed by atoms with Crippen LogP contribution in [0, 0.1) is 6.92 Å². The van der Waals surface area contributed by atoms with Crippen LogP contribution in [0.5, 0.6) is 0 Å². The van der Waals surface area contributed by atoms with E-state index in [1.54, 1.807) is 0 Å². The van der Waals surface area contributed by atoms with E-state index in [0.29, 0.717) is 0 Å². The summed E-state index contributed by atoms with van der Waals surface area (Å²) in [6.07, 6.45) is 3.36. The molecule has 0 aliphatic heterocycles. The van der Waals surface area contributed by atoms with Gasteiger partial charge in [-0.15, -0.1) is 0 Å². The van der Waals surface area contributed by atoms with Gasteiger partial charge in [0.25, 0.3) is 0 Å². The summed E-state index contributed by atoms with van der Waals surface area (Å²) in [5.41, 5.74) is 11.5. The van der Waals surface area contributed by atoms with Crippen molar-refractivity contribution in [3.8, 4) is 11.1 Å². The molecule has 0 saturated carbocycles. The minimum absolute atomic E-state index is 0.919. The summed E-state index contributed by atoms with van der Waals surface area (Å²) >= 11 is 0. The van der Waals surface area contributed by atoms with Crippen molar-refractivity contribution < 1.29 is 4.42 Å². The van der Waals surface area contributed by atoms with E-state index in [9.17, 15) is 0 Å². The molecule has 0 atom stereocenters. The average Bonchev–Trinajstić information content (AvgIpc) is 3.54. The summed E-state index contributed by atoms with van der Waals surface area (Å²) in [7, 11) is 0. The smallest absolute Gasteiger partial charge is 0.135 e. The Balaban J connectivity index is 1.05. The number of hydrogen-bond donors (Lipinski definition) is 0. The zero-order chi connectivity index (χ0) is 33.9. The minimum atomic E-state index is 0.919. The lowest BCUT2D eigenvalue weighted by Crippen LogP contribution is -2.27. The fraction of sp³-hybridized carbons (Fsp3) is 0.149. The molecule has 0 fully saturated rings. The first-order valence-corrected chi connectivity index (χ1v) is 17.8. The van der Waals surface area contributed by atoms with Crippen LogP contribution in [0.25, 0.3) is 43.8 Å². The number of benzene rings is 7. The third-order valence-electron chi connectivity index (χ3n) is 9.87. The highest BCUT2D eigenvalue weighted by Crippen LogP contribution is 2.37. The van der Waals surface area contributed by atoms with E-state index in [1.165, 1.54) is 51.6 Å². The molecule has 0 amide bonds. The van der Waals surface area contributed by atoms with Gasteiger partial charge in [-0.25, -0.2) is 0 Å². The van der Waals surface area contributed by atoms with Gasteiger partial charge < -0.3 is 14.2 Å². The second-order valence-electron chi connectivity index (χ2n) is 13.3. The van der Waals surface area contributed by atoms with E-state index in [1.807, 2.05) is 12.1 Å². The van der Waals surface area contributed by atoms with Gasteiger partial charge in [0.2, 0.25) is 0 Å². The SMILES string of the molecule is CCCCN(CCc1ccc(N(c2ccc(C)cc2)c2ccc(-c3ccc4oc5ccccc5c4c3)cc2)cc1)c1ccc2ccccc2c1. The molecule has 0 spiro atoms. The molecule has 3 nitrogen and oxygen atoms in total. The lowest BCUT2D eigenvalue weighted by atomic mass is 10.0. The van der Waals surface area contributed by atoms with Gasteiger partial charge in [0.1, 0.15) is 11.2 Å². The Labute approximate surface area is 295 Å². The lowest BCUT2D eigenvalue weighted by molar-refractivity contribution is 0.669. The van der Waals surface area contributed by atoms with E-state index >= 15 is 0 Å². The molecule has 1 heterocycles. The Morgan fingerprint density at radius 2 is 1.12 bits per heavy atom. The molecule has 0 aliphatic rings. The van der Waals surface area contributed by atoms with E-state index < -0.39 is 0 Å². The van der Waals surface area contributed by atoms with Crippen LogP contribution in [0.15, 0.2) is 162 Å². The number of fused-ring (bicyclic) bond motifs is 4. The van der Waals surface area contributed by atoms with E-state index in [2.05, 4.69) is 169 Å². The number of para-hydroxylation sites is 1. The zero-order valence-electron chi connectivity index (χ0n) is 28.8. The maximum atomic E-state index is 6.08. The molecule has 0 radical (unpaired) electrons. The van der Waals surface area contributed by atoms with Gasteiger partial charge in [-0.3, -0.25) is 0 Å². The highest BCUT2D eigenvalue weighted by Gasteiger charge is 2.15. The highest BCUT2D eigenvalue weighted by atomic mass is 16.3. The number of aryl methyl sites for hydroxylation is 1. The van der Waals surface area contributed by atoms with Gasteiger partial charge in [0, 0.05) is 46.6 Å². The van der Waals surface area contributed by atoms with Crippen LogP contribution in [0.1, 0.15) is 30.9 Å². The second kappa shape index (κ2) is 14.0. The number of nitrogens with zero attached hydrogens (tertiary/aromatic N) is 2. The molecule has 8 rings (SSSR count). The molecule has 3 heteroatoms. The monoisotopic (exact) mass is 650 g/mol. The van der Waals surface area contributed by atoms with E-state index in [4.69, 9.17) is 4.42 Å². The molecular weight excluding hydrogens is 609 g/mol. The number of hydrogen-bond acceptors (Lipinski definition) is 3. The first-order valence-electron chi connectivity index (χ1n) is 17.8. The van der Waals surface area contributed by atoms with Gasteiger partial charge in [0.15, 0.2) is 0 Å². The Hall–Kier alpha value is -5.80. The highest BCUT2D eigenvalue weighted by molar-refractivity contribution is 6.06. The number of rotatable bonds is 11. The van der Waals surface area contributed by atoms with Crippen LogP contribution in [0.3, 0.4) is 0 Å². The molecule has 246 valence electrons. The van der Waals surface area contributed by atoms with Crippen molar-refractivity contribution in [1.29, 1.82) is 0 Å². The van der Waals surface area contributed by atoms with Crippen LogP contribution in [-0.4, -0.2) is 13.1 Å². The molecule has 8 aromatic rings. The van der Waals surface area contributed by atoms with E-state index in [-0.39, 0.29) is 0 Å². The molecule has 0 saturated heterocycles. The number of anilines is 4. The lowest BCUT2D eigenvalue weighted by Gasteiger charge is -2.27.